The molecule has 0 aliphatic rings. The van der Waals surface area contributed by atoms with Crippen molar-refractivity contribution in [2.24, 2.45) is 0 Å². The fraction of sp³-hybridized carbons (Fsp3) is 0.278. The van der Waals surface area contributed by atoms with E-state index in [0.717, 1.165) is 5.56 Å². The van der Waals surface area contributed by atoms with Crippen molar-refractivity contribution in [2.45, 2.75) is 19.9 Å². The molecule has 1 atom stereocenters. The van der Waals surface area contributed by atoms with Crippen LogP contribution in [-0.2, 0) is 4.79 Å². The van der Waals surface area contributed by atoms with Gasteiger partial charge in [0.25, 0.3) is 0 Å². The molecular formula is C18H20N4O. The van der Waals surface area contributed by atoms with Crippen molar-refractivity contribution in [3.05, 3.63) is 59.8 Å². The third-order valence-electron chi connectivity index (χ3n) is 3.64. The van der Waals surface area contributed by atoms with Gasteiger partial charge in [-0.25, -0.2) is 4.98 Å². The molecule has 0 fully saturated rings. The number of nitriles is 1. The Hall–Kier alpha value is -2.87. The Labute approximate surface area is 136 Å². The lowest BCUT2D eigenvalue weighted by molar-refractivity contribution is -0.131. The molecule has 0 saturated carbocycles. The molecular weight excluding hydrogens is 288 g/mol. The van der Waals surface area contributed by atoms with E-state index in [9.17, 15) is 4.79 Å². The zero-order valence-corrected chi connectivity index (χ0v) is 13.4. The predicted molar refractivity (Wildman–Crippen MR) is 89.7 cm³/mol. The minimum atomic E-state index is -0.503. The first-order chi connectivity index (χ1) is 11.2. The molecule has 0 aliphatic carbocycles. The predicted octanol–water partition coefficient (Wildman–Crippen LogP) is 2.97. The van der Waals surface area contributed by atoms with Gasteiger partial charge >= 0.3 is 0 Å². The normalized spacial score (nSPS) is 11.3. The third kappa shape index (κ3) is 4.07. The summed E-state index contributed by atoms with van der Waals surface area (Å²) in [5.74, 6) is 0.575. The van der Waals surface area contributed by atoms with Gasteiger partial charge in [0.05, 0.1) is 5.56 Å². The van der Waals surface area contributed by atoms with Crippen LogP contribution in [0.25, 0.3) is 0 Å². The van der Waals surface area contributed by atoms with Gasteiger partial charge in [-0.15, -0.1) is 0 Å². The van der Waals surface area contributed by atoms with E-state index in [1.165, 1.54) is 6.20 Å². The van der Waals surface area contributed by atoms with Crippen molar-refractivity contribution >= 4 is 11.7 Å². The molecule has 1 amide bonds. The number of nitrogens with one attached hydrogen (secondary N) is 1. The van der Waals surface area contributed by atoms with Crippen LogP contribution in [0.3, 0.4) is 0 Å². The van der Waals surface area contributed by atoms with Crippen LogP contribution in [0.15, 0.2) is 48.7 Å². The highest BCUT2D eigenvalue weighted by molar-refractivity contribution is 5.85. The second kappa shape index (κ2) is 7.95. The van der Waals surface area contributed by atoms with Crippen molar-refractivity contribution in [3.8, 4) is 6.07 Å². The second-order valence-corrected chi connectivity index (χ2v) is 5.04. The van der Waals surface area contributed by atoms with E-state index in [4.69, 9.17) is 5.26 Å². The van der Waals surface area contributed by atoms with Gasteiger partial charge in [0, 0.05) is 19.3 Å². The number of anilines is 1. The smallest absolute Gasteiger partial charge is 0.249 e. The van der Waals surface area contributed by atoms with E-state index in [-0.39, 0.29) is 5.91 Å². The molecule has 23 heavy (non-hydrogen) atoms. The number of hydrogen-bond donors (Lipinski definition) is 1. The average molecular weight is 308 g/mol. The molecule has 5 heteroatoms. The fourth-order valence-electron chi connectivity index (χ4n) is 2.34. The molecule has 1 heterocycles. The minimum absolute atomic E-state index is 0.00681. The summed E-state index contributed by atoms with van der Waals surface area (Å²) in [5, 5.41) is 12.0. The van der Waals surface area contributed by atoms with Crippen LogP contribution in [-0.4, -0.2) is 28.9 Å². The molecule has 0 bridgehead atoms. The Balaban J connectivity index is 2.29. The molecule has 1 aromatic carbocycles. The number of likely N-dealkylation sites (N-methyl/N-ethyl adjacent to an activating group) is 1. The molecule has 0 aliphatic heterocycles. The third-order valence-corrected chi connectivity index (χ3v) is 3.64. The number of aromatic nitrogens is 1. The van der Waals surface area contributed by atoms with E-state index in [2.05, 4.69) is 10.3 Å². The monoisotopic (exact) mass is 308 g/mol. The number of hydrogen-bond acceptors (Lipinski definition) is 4. The molecule has 2 aromatic rings. The molecule has 0 radical (unpaired) electrons. The first-order valence-electron chi connectivity index (χ1n) is 7.66. The second-order valence-electron chi connectivity index (χ2n) is 5.04. The molecule has 2 rings (SSSR count). The quantitative estimate of drug-likeness (QED) is 0.890. The lowest BCUT2D eigenvalue weighted by Gasteiger charge is -2.26. The van der Waals surface area contributed by atoms with Crippen LogP contribution < -0.4 is 5.32 Å². The van der Waals surface area contributed by atoms with Crippen LogP contribution in [0, 0.1) is 11.3 Å². The summed E-state index contributed by atoms with van der Waals surface area (Å²) in [4.78, 5) is 18.8. The van der Waals surface area contributed by atoms with E-state index in [1.54, 1.807) is 17.0 Å². The van der Waals surface area contributed by atoms with E-state index >= 15 is 0 Å². The molecule has 118 valence electrons. The van der Waals surface area contributed by atoms with Crippen molar-refractivity contribution in [2.75, 3.05) is 18.4 Å². The van der Waals surface area contributed by atoms with Gasteiger partial charge in [-0.05, 0) is 31.5 Å². The minimum Gasteiger partial charge on any atom is -0.355 e. The van der Waals surface area contributed by atoms with Crippen molar-refractivity contribution < 1.29 is 4.79 Å². The van der Waals surface area contributed by atoms with Gasteiger partial charge in [0.1, 0.15) is 17.9 Å². The van der Waals surface area contributed by atoms with E-state index < -0.39 is 6.04 Å². The van der Waals surface area contributed by atoms with Gasteiger partial charge in [0.15, 0.2) is 0 Å². The number of rotatable bonds is 6. The Morgan fingerprint density at radius 1 is 1.22 bits per heavy atom. The Morgan fingerprint density at radius 3 is 2.43 bits per heavy atom. The molecule has 1 aromatic heterocycles. The number of benzene rings is 1. The van der Waals surface area contributed by atoms with Crippen molar-refractivity contribution in [1.82, 2.24) is 9.88 Å². The maximum absolute atomic E-state index is 12.8. The van der Waals surface area contributed by atoms with Crippen LogP contribution in [0.5, 0.6) is 0 Å². The topological polar surface area (TPSA) is 69.0 Å². The summed E-state index contributed by atoms with van der Waals surface area (Å²) in [6.45, 7) is 5.23. The first-order valence-corrected chi connectivity index (χ1v) is 7.66. The van der Waals surface area contributed by atoms with Gasteiger partial charge in [-0.2, -0.15) is 5.26 Å². The van der Waals surface area contributed by atoms with E-state index in [1.807, 2.05) is 50.2 Å². The first kappa shape index (κ1) is 16.5. The van der Waals surface area contributed by atoms with Crippen LogP contribution in [0.4, 0.5) is 5.82 Å². The summed E-state index contributed by atoms with van der Waals surface area (Å²) in [6.07, 6.45) is 1.49. The lowest BCUT2D eigenvalue weighted by Crippen LogP contribution is -2.37. The van der Waals surface area contributed by atoms with Gasteiger partial charge in [0.2, 0.25) is 5.91 Å². The average Bonchev–Trinajstić information content (AvgIpc) is 2.62. The largest absolute Gasteiger partial charge is 0.355 e. The highest BCUT2D eigenvalue weighted by atomic mass is 16.2. The lowest BCUT2D eigenvalue weighted by atomic mass is 10.1. The Bertz CT molecular complexity index is 672. The van der Waals surface area contributed by atoms with E-state index in [0.29, 0.717) is 24.5 Å². The highest BCUT2D eigenvalue weighted by Gasteiger charge is 2.24. The maximum Gasteiger partial charge on any atom is 0.249 e. The summed E-state index contributed by atoms with van der Waals surface area (Å²) in [5.41, 5.74) is 1.37. The SMILES string of the molecule is CCN(CC)C(=O)C(Nc1ccc(C#N)cn1)c1ccccc1. The highest BCUT2D eigenvalue weighted by Crippen LogP contribution is 2.21. The maximum atomic E-state index is 12.8. The summed E-state index contributed by atoms with van der Waals surface area (Å²) in [6, 6.07) is 14.5. The molecule has 1 N–H and O–H groups in total. The summed E-state index contributed by atoms with van der Waals surface area (Å²) >= 11 is 0. The number of nitrogens with zero attached hydrogens (tertiary/aromatic N) is 3. The standard InChI is InChI=1S/C18H20N4O/c1-3-22(4-2)18(23)17(15-8-6-5-7-9-15)21-16-11-10-14(12-19)13-20-16/h5-11,13,17H,3-4H2,1-2H3,(H,20,21). The van der Waals surface area contributed by atoms with Gasteiger partial charge < -0.3 is 10.2 Å². The van der Waals surface area contributed by atoms with Gasteiger partial charge in [-0.3, -0.25) is 4.79 Å². The van der Waals surface area contributed by atoms with Gasteiger partial charge in [-0.1, -0.05) is 30.3 Å². The van der Waals surface area contributed by atoms with Crippen LogP contribution in [0.1, 0.15) is 31.0 Å². The van der Waals surface area contributed by atoms with Crippen molar-refractivity contribution in [3.63, 3.8) is 0 Å². The fourth-order valence-corrected chi connectivity index (χ4v) is 2.34. The Morgan fingerprint density at radius 2 is 1.91 bits per heavy atom. The van der Waals surface area contributed by atoms with Crippen LogP contribution in [0.2, 0.25) is 0 Å². The number of carbonyl (C=O) groups is 1. The molecule has 5 nitrogen and oxygen atoms in total. The zero-order chi connectivity index (χ0) is 16.7. The summed E-state index contributed by atoms with van der Waals surface area (Å²) in [7, 11) is 0. The van der Waals surface area contributed by atoms with Crippen LogP contribution >= 0.6 is 0 Å². The summed E-state index contributed by atoms with van der Waals surface area (Å²) < 4.78 is 0. The molecule has 0 saturated heterocycles. The molecule has 0 spiro atoms. The van der Waals surface area contributed by atoms with Crippen molar-refractivity contribution in [1.29, 1.82) is 5.26 Å². The number of pyridine rings is 1. The molecule has 1 unspecified atom stereocenters. The Kier molecular flexibility index (Phi) is 5.70. The number of carbonyl (C=O) groups excluding carboxylic acids is 1. The zero-order valence-electron chi connectivity index (χ0n) is 13.4. The number of amides is 1.